The quantitative estimate of drug-likeness (QED) is 0.433. The van der Waals surface area contributed by atoms with Gasteiger partial charge in [-0.1, -0.05) is 0 Å². The zero-order chi connectivity index (χ0) is 20.3. The summed E-state index contributed by atoms with van der Waals surface area (Å²) in [6.07, 6.45) is 1.13. The number of nitrogens with one attached hydrogen (secondary N) is 1. The number of anilines is 1. The van der Waals surface area contributed by atoms with E-state index in [0.29, 0.717) is 10.6 Å². The fourth-order valence-corrected chi connectivity index (χ4v) is 3.39. The molecule has 2 aromatic rings. The first-order valence-electron chi connectivity index (χ1n) is 8.06. The topological polar surface area (TPSA) is 126 Å². The molecule has 0 saturated heterocycles. The number of rotatable bonds is 7. The summed E-state index contributed by atoms with van der Waals surface area (Å²) in [5.74, 6) is -1.18. The molecule has 0 bridgehead atoms. The number of esters is 1. The second-order valence-electron chi connectivity index (χ2n) is 5.63. The Labute approximate surface area is 159 Å². The van der Waals surface area contributed by atoms with E-state index in [1.807, 2.05) is 6.92 Å². The van der Waals surface area contributed by atoms with Gasteiger partial charge in [0.25, 0.3) is 0 Å². The van der Waals surface area contributed by atoms with Gasteiger partial charge in [0, 0.05) is 4.88 Å². The Kier molecular flexibility index (Phi) is 6.16. The summed E-state index contributed by atoms with van der Waals surface area (Å²) in [6, 6.07) is -0.870. The van der Waals surface area contributed by atoms with E-state index in [2.05, 4.69) is 10.4 Å². The lowest BCUT2D eigenvalue weighted by Gasteiger charge is -2.12. The van der Waals surface area contributed by atoms with E-state index in [-0.39, 0.29) is 18.2 Å². The van der Waals surface area contributed by atoms with Gasteiger partial charge < -0.3 is 14.8 Å². The monoisotopic (exact) mass is 396 g/mol. The molecule has 0 aliphatic carbocycles. The number of nitrogens with zero attached hydrogens (tertiary/aromatic N) is 3. The van der Waals surface area contributed by atoms with Crippen LogP contribution in [0.3, 0.4) is 0 Å². The minimum Gasteiger partial charge on any atom is -0.475 e. The molecule has 0 aliphatic rings. The molecule has 0 spiro atoms. The van der Waals surface area contributed by atoms with Crippen molar-refractivity contribution in [1.29, 1.82) is 0 Å². The maximum atomic E-state index is 12.6. The predicted octanol–water partition coefficient (Wildman–Crippen LogP) is 2.85. The Morgan fingerprint density at radius 2 is 2.11 bits per heavy atom. The molecule has 1 N–H and O–H groups in total. The molecular weight excluding hydrogens is 376 g/mol. The largest absolute Gasteiger partial charge is 0.475 e. The van der Waals surface area contributed by atoms with Crippen LogP contribution in [0.15, 0.2) is 6.20 Å². The molecule has 0 aliphatic heterocycles. The fraction of sp³-hybridized carbons (Fsp3) is 0.438. The highest BCUT2D eigenvalue weighted by molar-refractivity contribution is 7.16. The number of nitro groups is 1. The van der Waals surface area contributed by atoms with Gasteiger partial charge in [-0.05, 0) is 33.3 Å². The van der Waals surface area contributed by atoms with Crippen LogP contribution in [0.1, 0.15) is 40.7 Å². The third-order valence-corrected chi connectivity index (χ3v) is 5.07. The second kappa shape index (κ2) is 8.16. The van der Waals surface area contributed by atoms with Crippen molar-refractivity contribution in [2.75, 3.05) is 19.0 Å². The molecule has 146 valence electrons. The highest BCUT2D eigenvalue weighted by Crippen LogP contribution is 2.34. The zero-order valence-corrected chi connectivity index (χ0v) is 16.4. The molecule has 2 heterocycles. The highest BCUT2D eigenvalue weighted by atomic mass is 32.1. The minimum atomic E-state index is -0.870. The molecule has 10 nitrogen and oxygen atoms in total. The van der Waals surface area contributed by atoms with Crippen LogP contribution in [0.5, 0.6) is 5.88 Å². The summed E-state index contributed by atoms with van der Waals surface area (Å²) in [6.45, 7) is 7.06. The number of hydrogen-bond acceptors (Lipinski definition) is 8. The van der Waals surface area contributed by atoms with E-state index < -0.39 is 22.8 Å². The maximum Gasteiger partial charge on any atom is 0.350 e. The molecule has 0 aromatic carbocycles. The van der Waals surface area contributed by atoms with Crippen LogP contribution in [0.4, 0.5) is 10.7 Å². The van der Waals surface area contributed by atoms with Crippen LogP contribution < -0.4 is 10.1 Å². The van der Waals surface area contributed by atoms with E-state index in [4.69, 9.17) is 9.47 Å². The van der Waals surface area contributed by atoms with Gasteiger partial charge in [0.1, 0.15) is 17.2 Å². The third kappa shape index (κ3) is 4.08. The summed E-state index contributed by atoms with van der Waals surface area (Å²) in [5.41, 5.74) is 0.703. The average molecular weight is 396 g/mol. The number of carbonyl (C=O) groups is 2. The van der Waals surface area contributed by atoms with E-state index in [9.17, 15) is 19.7 Å². The number of amides is 1. The van der Waals surface area contributed by atoms with Gasteiger partial charge in [-0.2, -0.15) is 0 Å². The number of thiophene rings is 1. The number of aromatic nitrogens is 2. The average Bonchev–Trinajstić information content (AvgIpc) is 3.16. The van der Waals surface area contributed by atoms with Crippen molar-refractivity contribution >= 4 is 33.9 Å². The van der Waals surface area contributed by atoms with Crippen molar-refractivity contribution in [3.8, 4) is 5.88 Å². The lowest BCUT2D eigenvalue weighted by Crippen LogP contribution is -2.24. The molecule has 0 saturated carbocycles. The standard InChI is InChI=1S/C16H20N4O6S/c1-6-26-16(22)12-8(2)10(4)27-15(12)17-13(21)9(3)19-7-11(20(23)24)14(18-19)25-5/h7,9H,6H2,1-5H3,(H,17,21). The Hall–Kier alpha value is -2.95. The van der Waals surface area contributed by atoms with Crippen molar-refractivity contribution < 1.29 is 24.0 Å². The molecule has 11 heteroatoms. The third-order valence-electron chi connectivity index (χ3n) is 3.95. The van der Waals surface area contributed by atoms with Crippen molar-refractivity contribution in [2.45, 2.75) is 33.7 Å². The number of ether oxygens (including phenoxy) is 2. The van der Waals surface area contributed by atoms with E-state index in [1.54, 1.807) is 13.8 Å². The number of aryl methyl sites for hydroxylation is 1. The van der Waals surface area contributed by atoms with Gasteiger partial charge in [-0.15, -0.1) is 16.4 Å². The number of hydrogen-bond donors (Lipinski definition) is 1. The first-order valence-corrected chi connectivity index (χ1v) is 8.88. The van der Waals surface area contributed by atoms with Crippen LogP contribution in [-0.2, 0) is 9.53 Å². The van der Waals surface area contributed by atoms with Gasteiger partial charge >= 0.3 is 17.5 Å². The predicted molar refractivity (Wildman–Crippen MR) is 98.5 cm³/mol. The summed E-state index contributed by atoms with van der Waals surface area (Å²) < 4.78 is 11.1. The van der Waals surface area contributed by atoms with Gasteiger partial charge in [0.2, 0.25) is 5.91 Å². The van der Waals surface area contributed by atoms with Gasteiger partial charge in [-0.25, -0.2) is 9.48 Å². The molecule has 0 radical (unpaired) electrons. The molecule has 1 unspecified atom stereocenters. The first-order chi connectivity index (χ1) is 12.7. The molecule has 2 aromatic heterocycles. The Balaban J connectivity index is 2.29. The normalized spacial score (nSPS) is 11.7. The highest BCUT2D eigenvalue weighted by Gasteiger charge is 2.27. The smallest absolute Gasteiger partial charge is 0.350 e. The molecule has 2 rings (SSSR count). The maximum absolute atomic E-state index is 12.6. The van der Waals surface area contributed by atoms with Crippen molar-refractivity contribution in [3.63, 3.8) is 0 Å². The summed E-state index contributed by atoms with van der Waals surface area (Å²) >= 11 is 1.26. The van der Waals surface area contributed by atoms with Crippen LogP contribution in [0.25, 0.3) is 0 Å². The summed E-state index contributed by atoms with van der Waals surface area (Å²) in [5, 5.41) is 18.0. The van der Waals surface area contributed by atoms with E-state index in [0.717, 1.165) is 21.3 Å². The van der Waals surface area contributed by atoms with Crippen molar-refractivity contribution in [1.82, 2.24) is 9.78 Å². The van der Waals surface area contributed by atoms with Gasteiger partial charge in [-0.3, -0.25) is 14.9 Å². The van der Waals surface area contributed by atoms with Gasteiger partial charge in [0.15, 0.2) is 0 Å². The first kappa shape index (κ1) is 20.4. The molecule has 0 fully saturated rings. The second-order valence-corrected chi connectivity index (χ2v) is 6.86. The van der Waals surface area contributed by atoms with Crippen LogP contribution >= 0.6 is 11.3 Å². The van der Waals surface area contributed by atoms with Gasteiger partial charge in [0.05, 0.1) is 24.2 Å². The Morgan fingerprint density at radius 3 is 2.63 bits per heavy atom. The Bertz CT molecular complexity index is 888. The van der Waals surface area contributed by atoms with Crippen LogP contribution in [-0.4, -0.2) is 40.3 Å². The zero-order valence-electron chi connectivity index (χ0n) is 15.6. The fourth-order valence-electron chi connectivity index (χ4n) is 2.34. The van der Waals surface area contributed by atoms with Crippen LogP contribution in [0, 0.1) is 24.0 Å². The lowest BCUT2D eigenvalue weighted by atomic mass is 10.1. The number of carbonyl (C=O) groups excluding carboxylic acids is 2. The minimum absolute atomic E-state index is 0.185. The molecular formula is C16H20N4O6S. The van der Waals surface area contributed by atoms with E-state index in [1.165, 1.54) is 25.4 Å². The molecule has 1 amide bonds. The Morgan fingerprint density at radius 1 is 1.44 bits per heavy atom. The van der Waals surface area contributed by atoms with Crippen molar-refractivity contribution in [3.05, 3.63) is 32.3 Å². The molecule has 27 heavy (non-hydrogen) atoms. The summed E-state index contributed by atoms with van der Waals surface area (Å²) in [7, 11) is 1.26. The lowest BCUT2D eigenvalue weighted by molar-refractivity contribution is -0.385. The van der Waals surface area contributed by atoms with E-state index >= 15 is 0 Å². The molecule has 1 atom stereocenters. The SMILES string of the molecule is CCOC(=O)c1c(NC(=O)C(C)n2cc([N+](=O)[O-])c(OC)n2)sc(C)c1C. The van der Waals surface area contributed by atoms with Crippen molar-refractivity contribution in [2.24, 2.45) is 0 Å². The van der Waals surface area contributed by atoms with Crippen LogP contribution in [0.2, 0.25) is 0 Å². The number of methoxy groups -OCH3 is 1. The summed E-state index contributed by atoms with van der Waals surface area (Å²) in [4.78, 5) is 36.1.